The molecule has 4 rings (SSSR count). The van der Waals surface area contributed by atoms with E-state index in [1.807, 2.05) is 36.4 Å². The normalized spacial score (nSPS) is 13.2. The molecule has 0 bridgehead atoms. The lowest BCUT2D eigenvalue weighted by Gasteiger charge is -2.18. The molecule has 1 aliphatic rings. The number of hydrogen-bond acceptors (Lipinski definition) is 4. The number of nitrogens with one attached hydrogen (secondary N) is 1. The highest BCUT2D eigenvalue weighted by Crippen LogP contribution is 2.44. The molecule has 0 saturated carbocycles. The number of phenols is 1. The second kappa shape index (κ2) is 8.75. The van der Waals surface area contributed by atoms with E-state index in [9.17, 15) is 19.8 Å². The topological polar surface area (TPSA) is 95.9 Å². The van der Waals surface area contributed by atoms with Crippen molar-refractivity contribution in [1.29, 1.82) is 0 Å². The Balaban J connectivity index is 1.45. The Morgan fingerprint density at radius 1 is 0.969 bits per heavy atom. The van der Waals surface area contributed by atoms with Crippen LogP contribution in [0.4, 0.5) is 4.79 Å². The van der Waals surface area contributed by atoms with Gasteiger partial charge in [-0.25, -0.2) is 9.59 Å². The van der Waals surface area contributed by atoms with Crippen LogP contribution in [0.2, 0.25) is 0 Å². The Morgan fingerprint density at radius 2 is 1.56 bits per heavy atom. The summed E-state index contributed by atoms with van der Waals surface area (Å²) >= 11 is 0. The summed E-state index contributed by atoms with van der Waals surface area (Å²) in [5.74, 6) is -1.09. The van der Waals surface area contributed by atoms with Gasteiger partial charge in [-0.15, -0.1) is 0 Å². The predicted octanol–water partition coefficient (Wildman–Crippen LogP) is 4.54. The average Bonchev–Trinajstić information content (AvgIpc) is 3.09. The number of ether oxygens (including phenoxy) is 1. The first-order chi connectivity index (χ1) is 15.3. The molecule has 6 heteroatoms. The lowest BCUT2D eigenvalue weighted by Crippen LogP contribution is -2.43. The lowest BCUT2D eigenvalue weighted by atomic mass is 9.98. The van der Waals surface area contributed by atoms with E-state index >= 15 is 0 Å². The summed E-state index contributed by atoms with van der Waals surface area (Å²) in [6, 6.07) is 18.2. The maximum atomic E-state index is 12.5. The molecule has 0 aliphatic heterocycles. The van der Waals surface area contributed by atoms with Gasteiger partial charge in [0.2, 0.25) is 0 Å². The van der Waals surface area contributed by atoms with Crippen LogP contribution in [0.3, 0.4) is 0 Å². The van der Waals surface area contributed by atoms with Crippen molar-refractivity contribution in [3.8, 4) is 16.9 Å². The van der Waals surface area contributed by atoms with Gasteiger partial charge in [0.05, 0.1) is 0 Å². The summed E-state index contributed by atoms with van der Waals surface area (Å²) in [5.41, 5.74) is 6.58. The van der Waals surface area contributed by atoms with Crippen molar-refractivity contribution in [3.63, 3.8) is 0 Å². The number of carbonyl (C=O) groups excluding carboxylic acids is 1. The second-order valence-corrected chi connectivity index (χ2v) is 8.13. The molecule has 0 aromatic heterocycles. The first-order valence-corrected chi connectivity index (χ1v) is 10.5. The standard InChI is InChI=1S/C26H25NO5/c1-15-12-24(28)16(2)11-17(15)13-23(25(29)30)27-26(31)32-14-22-20-9-5-3-7-18(20)19-8-4-6-10-21(19)22/h3-12,22-23,28H,13-14H2,1-2H3,(H,27,31)(H,29,30). The number of aryl methyl sites for hydroxylation is 2. The van der Waals surface area contributed by atoms with Crippen molar-refractivity contribution in [1.82, 2.24) is 5.32 Å². The summed E-state index contributed by atoms with van der Waals surface area (Å²) in [6.45, 7) is 3.65. The summed E-state index contributed by atoms with van der Waals surface area (Å²) in [6.07, 6.45) is -0.681. The summed E-state index contributed by atoms with van der Waals surface area (Å²) in [5, 5.41) is 21.9. The number of aliphatic carboxylic acids is 1. The number of hydrogen-bond donors (Lipinski definition) is 3. The number of carboxylic acids is 1. The number of benzene rings is 3. The average molecular weight is 431 g/mol. The third-order valence-corrected chi connectivity index (χ3v) is 6.01. The SMILES string of the molecule is Cc1cc(CC(NC(=O)OCC2c3ccccc3-c3ccccc32)C(=O)O)c(C)cc1O. The number of rotatable bonds is 6. The maximum absolute atomic E-state index is 12.5. The van der Waals surface area contributed by atoms with Crippen LogP contribution in [-0.4, -0.2) is 34.9 Å². The van der Waals surface area contributed by atoms with Crippen molar-refractivity contribution in [3.05, 3.63) is 88.5 Å². The fourth-order valence-electron chi connectivity index (χ4n) is 4.28. The van der Waals surface area contributed by atoms with Crippen LogP contribution in [0.5, 0.6) is 5.75 Å². The fourth-order valence-corrected chi connectivity index (χ4v) is 4.28. The monoisotopic (exact) mass is 431 g/mol. The molecule has 0 saturated heterocycles. The minimum atomic E-state index is -1.15. The first kappa shape index (κ1) is 21.4. The molecular formula is C26H25NO5. The van der Waals surface area contributed by atoms with Crippen molar-refractivity contribution in [2.75, 3.05) is 6.61 Å². The van der Waals surface area contributed by atoms with Gasteiger partial charge >= 0.3 is 12.1 Å². The summed E-state index contributed by atoms with van der Waals surface area (Å²) in [7, 11) is 0. The molecule has 0 spiro atoms. The van der Waals surface area contributed by atoms with Crippen molar-refractivity contribution in [2.45, 2.75) is 32.2 Å². The minimum absolute atomic E-state index is 0.0898. The lowest BCUT2D eigenvalue weighted by molar-refractivity contribution is -0.139. The van der Waals surface area contributed by atoms with Crippen LogP contribution in [0.1, 0.15) is 33.7 Å². The van der Waals surface area contributed by atoms with E-state index < -0.39 is 18.1 Å². The maximum Gasteiger partial charge on any atom is 0.407 e. The van der Waals surface area contributed by atoms with Gasteiger partial charge in [0.25, 0.3) is 0 Å². The number of amides is 1. The van der Waals surface area contributed by atoms with E-state index in [0.717, 1.165) is 33.4 Å². The quantitative estimate of drug-likeness (QED) is 0.532. The van der Waals surface area contributed by atoms with Gasteiger partial charge in [-0.2, -0.15) is 0 Å². The van der Waals surface area contributed by atoms with Gasteiger partial charge in [0.1, 0.15) is 18.4 Å². The number of fused-ring (bicyclic) bond motifs is 3. The number of aromatic hydroxyl groups is 1. The molecule has 0 heterocycles. The van der Waals surface area contributed by atoms with Gasteiger partial charge in [-0.3, -0.25) is 0 Å². The Kier molecular flexibility index (Phi) is 5.86. The summed E-state index contributed by atoms with van der Waals surface area (Å²) in [4.78, 5) is 24.3. The molecule has 0 radical (unpaired) electrons. The zero-order valence-corrected chi connectivity index (χ0v) is 18.0. The van der Waals surface area contributed by atoms with E-state index in [1.54, 1.807) is 26.0 Å². The molecule has 6 nitrogen and oxygen atoms in total. The minimum Gasteiger partial charge on any atom is -0.508 e. The number of alkyl carbamates (subject to hydrolysis) is 1. The highest BCUT2D eigenvalue weighted by atomic mass is 16.5. The van der Waals surface area contributed by atoms with Crippen LogP contribution in [0, 0.1) is 13.8 Å². The van der Waals surface area contributed by atoms with Crippen molar-refractivity contribution in [2.24, 2.45) is 0 Å². The van der Waals surface area contributed by atoms with E-state index in [-0.39, 0.29) is 24.7 Å². The number of carboxylic acid groups (broad SMARTS) is 1. The van der Waals surface area contributed by atoms with Gasteiger partial charge in [0.15, 0.2) is 0 Å². The van der Waals surface area contributed by atoms with E-state index in [2.05, 4.69) is 17.4 Å². The molecule has 0 fully saturated rings. The van der Waals surface area contributed by atoms with E-state index in [1.165, 1.54) is 0 Å². The molecule has 1 unspecified atom stereocenters. The number of phenolic OH excluding ortho intramolecular Hbond substituents is 1. The molecule has 1 aliphatic carbocycles. The highest BCUT2D eigenvalue weighted by Gasteiger charge is 2.30. The first-order valence-electron chi connectivity index (χ1n) is 10.5. The van der Waals surface area contributed by atoms with Crippen LogP contribution >= 0.6 is 0 Å². The third kappa shape index (κ3) is 4.17. The summed E-state index contributed by atoms with van der Waals surface area (Å²) < 4.78 is 5.48. The number of carbonyl (C=O) groups is 2. The van der Waals surface area contributed by atoms with E-state index in [0.29, 0.717) is 5.56 Å². The van der Waals surface area contributed by atoms with Crippen LogP contribution < -0.4 is 5.32 Å². The second-order valence-electron chi connectivity index (χ2n) is 8.13. The van der Waals surface area contributed by atoms with Gasteiger partial charge < -0.3 is 20.3 Å². The molecule has 1 atom stereocenters. The smallest absolute Gasteiger partial charge is 0.407 e. The largest absolute Gasteiger partial charge is 0.508 e. The van der Waals surface area contributed by atoms with Gasteiger partial charge in [0, 0.05) is 12.3 Å². The molecule has 3 aromatic rings. The van der Waals surface area contributed by atoms with Crippen LogP contribution in [0.25, 0.3) is 11.1 Å². The molecule has 3 N–H and O–H groups in total. The molecule has 32 heavy (non-hydrogen) atoms. The Morgan fingerprint density at radius 3 is 2.16 bits per heavy atom. The van der Waals surface area contributed by atoms with Crippen LogP contribution in [-0.2, 0) is 16.0 Å². The Bertz CT molecular complexity index is 1140. The zero-order chi connectivity index (χ0) is 22.8. The van der Waals surface area contributed by atoms with Crippen molar-refractivity contribution >= 4 is 12.1 Å². The predicted molar refractivity (Wildman–Crippen MR) is 121 cm³/mol. The fraction of sp³-hybridized carbons (Fsp3) is 0.231. The van der Waals surface area contributed by atoms with Gasteiger partial charge in [-0.05, 0) is 58.9 Å². The molecule has 3 aromatic carbocycles. The van der Waals surface area contributed by atoms with E-state index in [4.69, 9.17) is 4.74 Å². The van der Waals surface area contributed by atoms with Crippen molar-refractivity contribution < 1.29 is 24.5 Å². The molecule has 1 amide bonds. The molecule has 164 valence electrons. The zero-order valence-electron chi connectivity index (χ0n) is 18.0. The molecular weight excluding hydrogens is 406 g/mol. The van der Waals surface area contributed by atoms with Crippen LogP contribution in [0.15, 0.2) is 60.7 Å². The van der Waals surface area contributed by atoms with Gasteiger partial charge in [-0.1, -0.05) is 54.6 Å². The highest BCUT2D eigenvalue weighted by molar-refractivity contribution is 5.81. The third-order valence-electron chi connectivity index (χ3n) is 6.01. The Hall–Kier alpha value is -3.80. The Labute approximate surface area is 186 Å².